The molecule has 1 atom stereocenters. The van der Waals surface area contributed by atoms with Crippen molar-refractivity contribution in [2.24, 2.45) is 0 Å². The molecule has 3 rings (SSSR count). The van der Waals surface area contributed by atoms with Crippen LogP contribution in [0.4, 0.5) is 4.39 Å². The minimum absolute atomic E-state index is 0.266. The van der Waals surface area contributed by atoms with Gasteiger partial charge in [0.25, 0.3) is 0 Å². The van der Waals surface area contributed by atoms with Crippen LogP contribution in [-0.4, -0.2) is 43.4 Å². The first kappa shape index (κ1) is 17.3. The zero-order valence-electron chi connectivity index (χ0n) is 14.0. The van der Waals surface area contributed by atoms with Crippen molar-refractivity contribution in [1.29, 1.82) is 5.26 Å². The molecule has 2 aliphatic heterocycles. The summed E-state index contributed by atoms with van der Waals surface area (Å²) in [4.78, 5) is 2.27. The summed E-state index contributed by atoms with van der Waals surface area (Å²) in [6.45, 7) is 4.02. The van der Waals surface area contributed by atoms with Crippen molar-refractivity contribution >= 4 is 0 Å². The highest BCUT2D eigenvalue weighted by Gasteiger charge is 2.22. The van der Waals surface area contributed by atoms with Gasteiger partial charge < -0.3 is 9.47 Å². The van der Waals surface area contributed by atoms with Crippen molar-refractivity contribution in [3.8, 4) is 6.07 Å². The first-order valence-corrected chi connectivity index (χ1v) is 8.88. The largest absolute Gasteiger partial charge is 0.376 e. The Balaban J connectivity index is 1.43. The summed E-state index contributed by atoms with van der Waals surface area (Å²) < 4.78 is 25.1. The van der Waals surface area contributed by atoms with Gasteiger partial charge in [-0.2, -0.15) is 5.26 Å². The molecular weight excluding hydrogens is 307 g/mol. The Bertz CT molecular complexity index is 573. The summed E-state index contributed by atoms with van der Waals surface area (Å²) in [5.41, 5.74) is 1.33. The molecule has 0 radical (unpaired) electrons. The second kappa shape index (κ2) is 8.57. The van der Waals surface area contributed by atoms with Gasteiger partial charge in [0.1, 0.15) is 5.82 Å². The van der Waals surface area contributed by atoms with E-state index >= 15 is 0 Å². The van der Waals surface area contributed by atoms with Gasteiger partial charge in [-0.3, -0.25) is 4.90 Å². The van der Waals surface area contributed by atoms with Crippen molar-refractivity contribution in [2.45, 2.75) is 50.9 Å². The lowest BCUT2D eigenvalue weighted by Gasteiger charge is -2.33. The number of likely N-dealkylation sites (tertiary alicyclic amines) is 1. The van der Waals surface area contributed by atoms with Gasteiger partial charge in [0.2, 0.25) is 0 Å². The van der Waals surface area contributed by atoms with Crippen LogP contribution in [0.5, 0.6) is 0 Å². The molecule has 1 aromatic rings. The molecular formula is C19H25FN2O2. The third-order valence-corrected chi connectivity index (χ3v) is 4.91. The average molecular weight is 332 g/mol. The molecule has 0 spiro atoms. The first-order valence-electron chi connectivity index (χ1n) is 8.88. The van der Waals surface area contributed by atoms with Crippen LogP contribution in [0.3, 0.4) is 0 Å². The Labute approximate surface area is 143 Å². The predicted octanol–water partition coefficient (Wildman–Crippen LogP) is 3.25. The highest BCUT2D eigenvalue weighted by molar-refractivity contribution is 5.37. The van der Waals surface area contributed by atoms with Gasteiger partial charge in [-0.25, -0.2) is 4.39 Å². The molecule has 1 unspecified atom stereocenters. The predicted molar refractivity (Wildman–Crippen MR) is 89.0 cm³/mol. The van der Waals surface area contributed by atoms with E-state index in [9.17, 15) is 4.39 Å². The molecule has 24 heavy (non-hydrogen) atoms. The number of benzene rings is 1. The maximum atomic E-state index is 13.4. The topological polar surface area (TPSA) is 45.5 Å². The van der Waals surface area contributed by atoms with E-state index in [2.05, 4.69) is 11.0 Å². The zero-order chi connectivity index (χ0) is 16.8. The molecule has 0 saturated carbocycles. The minimum Gasteiger partial charge on any atom is -0.376 e. The Morgan fingerprint density at radius 3 is 2.79 bits per heavy atom. The Hall–Kier alpha value is -1.48. The van der Waals surface area contributed by atoms with E-state index in [1.807, 2.05) is 0 Å². The zero-order valence-corrected chi connectivity index (χ0v) is 14.0. The molecule has 0 N–H and O–H groups in total. The molecule has 2 aliphatic rings. The summed E-state index contributed by atoms with van der Waals surface area (Å²) in [7, 11) is 0. The molecule has 1 aromatic carbocycles. The normalized spacial score (nSPS) is 23.1. The third kappa shape index (κ3) is 4.76. The van der Waals surface area contributed by atoms with Gasteiger partial charge in [-0.05, 0) is 55.9 Å². The van der Waals surface area contributed by atoms with Crippen molar-refractivity contribution < 1.29 is 13.9 Å². The average Bonchev–Trinajstić information content (AvgIpc) is 2.62. The van der Waals surface area contributed by atoms with E-state index in [0.717, 1.165) is 44.5 Å². The van der Waals surface area contributed by atoms with Crippen LogP contribution in [0.2, 0.25) is 0 Å². The van der Waals surface area contributed by atoms with E-state index in [4.69, 9.17) is 14.7 Å². The van der Waals surface area contributed by atoms with Crippen LogP contribution in [-0.2, 0) is 16.0 Å². The van der Waals surface area contributed by atoms with E-state index in [-0.39, 0.29) is 18.0 Å². The quantitative estimate of drug-likeness (QED) is 0.830. The number of hydrogen-bond donors (Lipinski definition) is 0. The third-order valence-electron chi connectivity index (χ3n) is 4.91. The van der Waals surface area contributed by atoms with Crippen LogP contribution in [0.15, 0.2) is 18.2 Å². The number of halogens is 1. The number of nitrogens with zero attached hydrogens (tertiary/aromatic N) is 2. The fraction of sp³-hybridized carbons (Fsp3) is 0.632. The molecule has 0 aromatic heterocycles. The molecule has 5 heteroatoms. The van der Waals surface area contributed by atoms with E-state index < -0.39 is 0 Å². The summed E-state index contributed by atoms with van der Waals surface area (Å²) in [6.07, 6.45) is 6.02. The van der Waals surface area contributed by atoms with Crippen LogP contribution < -0.4 is 0 Å². The van der Waals surface area contributed by atoms with Gasteiger partial charge in [0.15, 0.2) is 0 Å². The highest BCUT2D eigenvalue weighted by atomic mass is 19.1. The Kier molecular flexibility index (Phi) is 6.19. The van der Waals surface area contributed by atoms with Gasteiger partial charge in [-0.1, -0.05) is 0 Å². The summed E-state index contributed by atoms with van der Waals surface area (Å²) in [5, 5.41) is 9.15. The first-order chi connectivity index (χ1) is 11.7. The van der Waals surface area contributed by atoms with Crippen molar-refractivity contribution in [3.63, 3.8) is 0 Å². The van der Waals surface area contributed by atoms with Crippen LogP contribution in [0, 0.1) is 17.1 Å². The smallest absolute Gasteiger partial charge is 0.123 e. The monoisotopic (exact) mass is 332 g/mol. The number of piperidine rings is 1. The molecule has 2 fully saturated rings. The SMILES string of the molecule is N#Cc1ccc(F)cc1CN1CCC(OCC2CCCCO2)CC1. The lowest BCUT2D eigenvalue weighted by molar-refractivity contribution is -0.0753. The second-order valence-electron chi connectivity index (χ2n) is 6.71. The molecule has 0 aliphatic carbocycles. The van der Waals surface area contributed by atoms with Gasteiger partial charge in [0.05, 0.1) is 30.4 Å². The molecule has 130 valence electrons. The van der Waals surface area contributed by atoms with Crippen LogP contribution in [0.25, 0.3) is 0 Å². The van der Waals surface area contributed by atoms with Crippen LogP contribution in [0.1, 0.15) is 43.2 Å². The highest BCUT2D eigenvalue weighted by Crippen LogP contribution is 2.20. The lowest BCUT2D eigenvalue weighted by atomic mass is 10.0. The Morgan fingerprint density at radius 1 is 1.25 bits per heavy atom. The standard InChI is InChI=1S/C19H25FN2O2/c20-17-5-4-15(12-21)16(11-17)13-22-8-6-18(7-9-22)24-14-19-3-1-2-10-23-19/h4-5,11,18-19H,1-3,6-10,13-14H2. The van der Waals surface area contributed by atoms with Crippen molar-refractivity contribution in [3.05, 3.63) is 35.1 Å². The summed E-state index contributed by atoms with van der Waals surface area (Å²) in [5.74, 6) is -0.283. The number of nitriles is 1. The molecule has 0 bridgehead atoms. The number of hydrogen-bond acceptors (Lipinski definition) is 4. The minimum atomic E-state index is -0.283. The molecule has 2 heterocycles. The maximum absolute atomic E-state index is 13.4. The van der Waals surface area contributed by atoms with Crippen molar-refractivity contribution in [2.75, 3.05) is 26.3 Å². The second-order valence-corrected chi connectivity index (χ2v) is 6.71. The Morgan fingerprint density at radius 2 is 2.08 bits per heavy atom. The fourth-order valence-corrected chi connectivity index (χ4v) is 3.46. The summed E-state index contributed by atoms with van der Waals surface area (Å²) >= 11 is 0. The van der Waals surface area contributed by atoms with Crippen LogP contribution >= 0.6 is 0 Å². The summed E-state index contributed by atoms with van der Waals surface area (Å²) in [6, 6.07) is 6.52. The molecule has 0 amide bonds. The van der Waals surface area contributed by atoms with Crippen molar-refractivity contribution in [1.82, 2.24) is 4.90 Å². The lowest BCUT2D eigenvalue weighted by Crippen LogP contribution is -2.38. The fourth-order valence-electron chi connectivity index (χ4n) is 3.46. The van der Waals surface area contributed by atoms with E-state index in [1.54, 1.807) is 6.07 Å². The molecule has 2 saturated heterocycles. The maximum Gasteiger partial charge on any atom is 0.123 e. The van der Waals surface area contributed by atoms with Gasteiger partial charge in [-0.15, -0.1) is 0 Å². The van der Waals surface area contributed by atoms with Gasteiger partial charge >= 0.3 is 0 Å². The van der Waals surface area contributed by atoms with E-state index in [1.165, 1.54) is 25.0 Å². The number of ether oxygens (including phenoxy) is 2. The van der Waals surface area contributed by atoms with Gasteiger partial charge in [0, 0.05) is 26.2 Å². The van der Waals surface area contributed by atoms with E-state index in [0.29, 0.717) is 18.7 Å². The number of rotatable bonds is 5. The molecule has 4 nitrogen and oxygen atoms in total.